The van der Waals surface area contributed by atoms with E-state index < -0.39 is 11.7 Å². The van der Waals surface area contributed by atoms with E-state index in [1.165, 1.54) is 13.2 Å². The molecular weight excluding hydrogens is 265 g/mol. The number of ether oxygens (including phenoxy) is 1. The minimum Gasteiger partial charge on any atom is -0.376 e. The molecule has 2 aromatic carbocycles. The average molecular weight is 279 g/mol. The lowest BCUT2D eigenvalue weighted by Crippen LogP contribution is -2.07. The van der Waals surface area contributed by atoms with Gasteiger partial charge in [0.05, 0.1) is 11.7 Å². The molecule has 0 fully saturated rings. The number of rotatable bonds is 4. The van der Waals surface area contributed by atoms with Crippen molar-refractivity contribution in [2.24, 2.45) is 0 Å². The van der Waals surface area contributed by atoms with Gasteiger partial charge in [0.25, 0.3) is 0 Å². The molecule has 1 atom stereocenters. The van der Waals surface area contributed by atoms with E-state index in [1.807, 2.05) is 30.3 Å². The normalized spacial score (nSPS) is 13.2. The lowest BCUT2D eigenvalue weighted by atomic mass is 10.00. The van der Waals surface area contributed by atoms with Crippen LogP contribution < -0.4 is 0 Å². The van der Waals surface area contributed by atoms with Crippen LogP contribution in [0.3, 0.4) is 0 Å². The molecule has 2 rings (SSSR count). The number of halogens is 3. The van der Waals surface area contributed by atoms with Crippen LogP contribution >= 0.6 is 0 Å². The van der Waals surface area contributed by atoms with Gasteiger partial charge in [0.2, 0.25) is 0 Å². The van der Waals surface area contributed by atoms with E-state index in [-0.39, 0.29) is 6.10 Å². The van der Waals surface area contributed by atoms with E-state index in [0.29, 0.717) is 5.56 Å². The SMILES string of the molecule is COC([CH]c1cccc(C(F)(F)F)c1)c1ccccc1. The van der Waals surface area contributed by atoms with Crippen LogP contribution in [0, 0.1) is 6.42 Å². The Morgan fingerprint density at radius 2 is 1.70 bits per heavy atom. The van der Waals surface area contributed by atoms with Crippen molar-refractivity contribution in [1.29, 1.82) is 0 Å². The Labute approximate surface area is 116 Å². The lowest BCUT2D eigenvalue weighted by Gasteiger charge is -2.16. The Bertz CT molecular complexity index is 549. The van der Waals surface area contributed by atoms with Crippen molar-refractivity contribution in [2.75, 3.05) is 7.11 Å². The molecule has 0 saturated carbocycles. The third-order valence-corrected chi connectivity index (χ3v) is 2.94. The maximum Gasteiger partial charge on any atom is 0.416 e. The van der Waals surface area contributed by atoms with Crippen molar-refractivity contribution in [3.05, 3.63) is 77.7 Å². The summed E-state index contributed by atoms with van der Waals surface area (Å²) in [6.45, 7) is 0. The topological polar surface area (TPSA) is 9.23 Å². The molecule has 4 heteroatoms. The van der Waals surface area contributed by atoms with Gasteiger partial charge in [-0.2, -0.15) is 13.2 Å². The smallest absolute Gasteiger partial charge is 0.376 e. The van der Waals surface area contributed by atoms with Gasteiger partial charge in [0.1, 0.15) is 0 Å². The minimum atomic E-state index is -4.33. The van der Waals surface area contributed by atoms with Gasteiger partial charge >= 0.3 is 6.18 Å². The number of hydrogen-bond acceptors (Lipinski definition) is 1. The predicted molar refractivity (Wildman–Crippen MR) is 71.0 cm³/mol. The third kappa shape index (κ3) is 3.61. The molecule has 105 valence electrons. The molecule has 1 radical (unpaired) electrons. The number of hydrogen-bond donors (Lipinski definition) is 0. The molecule has 0 amide bonds. The van der Waals surface area contributed by atoms with Crippen molar-refractivity contribution >= 4 is 0 Å². The highest BCUT2D eigenvalue weighted by Gasteiger charge is 2.30. The summed E-state index contributed by atoms with van der Waals surface area (Å²) < 4.78 is 43.3. The summed E-state index contributed by atoms with van der Waals surface area (Å²) in [6.07, 6.45) is -3.04. The zero-order valence-corrected chi connectivity index (χ0v) is 10.9. The summed E-state index contributed by atoms with van der Waals surface area (Å²) in [4.78, 5) is 0. The van der Waals surface area contributed by atoms with Gasteiger partial charge in [-0.05, 0) is 17.2 Å². The summed E-state index contributed by atoms with van der Waals surface area (Å²) >= 11 is 0. The van der Waals surface area contributed by atoms with Crippen LogP contribution in [0.1, 0.15) is 22.8 Å². The summed E-state index contributed by atoms with van der Waals surface area (Å²) in [5, 5.41) is 0. The summed E-state index contributed by atoms with van der Waals surface area (Å²) in [7, 11) is 1.53. The Morgan fingerprint density at radius 1 is 1.00 bits per heavy atom. The van der Waals surface area contributed by atoms with Crippen LogP contribution in [0.25, 0.3) is 0 Å². The summed E-state index contributed by atoms with van der Waals surface area (Å²) in [6, 6.07) is 14.5. The third-order valence-electron chi connectivity index (χ3n) is 2.94. The molecule has 0 aliphatic heterocycles. The summed E-state index contributed by atoms with van der Waals surface area (Å²) in [5.74, 6) is 0. The fourth-order valence-corrected chi connectivity index (χ4v) is 1.94. The molecule has 1 unspecified atom stereocenters. The Hall–Kier alpha value is -1.81. The Morgan fingerprint density at radius 3 is 2.30 bits per heavy atom. The quantitative estimate of drug-likeness (QED) is 0.791. The Balaban J connectivity index is 2.20. The van der Waals surface area contributed by atoms with Crippen LogP contribution in [0.2, 0.25) is 0 Å². The van der Waals surface area contributed by atoms with Gasteiger partial charge in [-0.3, -0.25) is 0 Å². The van der Waals surface area contributed by atoms with E-state index in [4.69, 9.17) is 4.74 Å². The first kappa shape index (κ1) is 14.6. The highest BCUT2D eigenvalue weighted by molar-refractivity contribution is 5.34. The highest BCUT2D eigenvalue weighted by Crippen LogP contribution is 2.31. The molecule has 0 saturated heterocycles. The van der Waals surface area contributed by atoms with Crippen LogP contribution in [-0.2, 0) is 10.9 Å². The van der Waals surface area contributed by atoms with E-state index in [9.17, 15) is 13.2 Å². The van der Waals surface area contributed by atoms with Crippen molar-refractivity contribution in [3.8, 4) is 0 Å². The zero-order chi connectivity index (χ0) is 14.6. The second kappa shape index (κ2) is 6.09. The second-order valence-corrected chi connectivity index (χ2v) is 4.36. The molecule has 0 spiro atoms. The van der Waals surface area contributed by atoms with Crippen LogP contribution in [0.15, 0.2) is 54.6 Å². The molecule has 2 aromatic rings. The van der Waals surface area contributed by atoms with Crippen LogP contribution in [0.4, 0.5) is 13.2 Å². The zero-order valence-electron chi connectivity index (χ0n) is 10.9. The van der Waals surface area contributed by atoms with Crippen molar-refractivity contribution < 1.29 is 17.9 Å². The van der Waals surface area contributed by atoms with Crippen LogP contribution in [0.5, 0.6) is 0 Å². The molecule has 0 aliphatic rings. The second-order valence-electron chi connectivity index (χ2n) is 4.36. The van der Waals surface area contributed by atoms with E-state index >= 15 is 0 Å². The summed E-state index contributed by atoms with van der Waals surface area (Å²) in [5.41, 5.74) is 0.720. The van der Waals surface area contributed by atoms with E-state index in [2.05, 4.69) is 0 Å². The molecule has 0 aromatic heterocycles. The highest BCUT2D eigenvalue weighted by atomic mass is 19.4. The first-order valence-corrected chi connectivity index (χ1v) is 6.10. The fourth-order valence-electron chi connectivity index (χ4n) is 1.94. The van der Waals surface area contributed by atoms with Crippen LogP contribution in [-0.4, -0.2) is 7.11 Å². The molecule has 0 aliphatic carbocycles. The molecule has 20 heavy (non-hydrogen) atoms. The van der Waals surface area contributed by atoms with E-state index in [1.54, 1.807) is 12.5 Å². The maximum absolute atomic E-state index is 12.7. The van der Waals surface area contributed by atoms with Gasteiger partial charge < -0.3 is 4.74 Å². The monoisotopic (exact) mass is 279 g/mol. The van der Waals surface area contributed by atoms with Gasteiger partial charge in [0, 0.05) is 13.5 Å². The predicted octanol–water partition coefficient (Wildman–Crippen LogP) is 4.65. The average Bonchev–Trinajstić information content (AvgIpc) is 2.45. The molecule has 0 heterocycles. The number of methoxy groups -OCH3 is 1. The largest absolute Gasteiger partial charge is 0.416 e. The Kier molecular flexibility index (Phi) is 4.45. The maximum atomic E-state index is 12.7. The van der Waals surface area contributed by atoms with Crippen molar-refractivity contribution in [1.82, 2.24) is 0 Å². The molecule has 0 N–H and O–H groups in total. The first-order valence-electron chi connectivity index (χ1n) is 6.10. The molecule has 1 nitrogen and oxygen atoms in total. The van der Waals surface area contributed by atoms with Gasteiger partial charge in [-0.25, -0.2) is 0 Å². The minimum absolute atomic E-state index is 0.375. The van der Waals surface area contributed by atoms with Gasteiger partial charge in [-0.15, -0.1) is 0 Å². The van der Waals surface area contributed by atoms with Gasteiger partial charge in [-0.1, -0.05) is 48.5 Å². The van der Waals surface area contributed by atoms with Crippen molar-refractivity contribution in [3.63, 3.8) is 0 Å². The van der Waals surface area contributed by atoms with Crippen molar-refractivity contribution in [2.45, 2.75) is 12.3 Å². The molecule has 0 bridgehead atoms. The lowest BCUT2D eigenvalue weighted by molar-refractivity contribution is -0.137. The fraction of sp³-hybridized carbons (Fsp3) is 0.188. The number of benzene rings is 2. The standard InChI is InChI=1S/C16H14F3O/c1-20-15(13-7-3-2-4-8-13)11-12-6-5-9-14(10-12)16(17,18)19/h2-11,15H,1H3. The van der Waals surface area contributed by atoms with E-state index in [0.717, 1.165) is 17.7 Å². The molecular formula is C16H14F3O. The van der Waals surface area contributed by atoms with Gasteiger partial charge in [0.15, 0.2) is 0 Å². The first-order chi connectivity index (χ1) is 9.50. The number of alkyl halides is 3.